The van der Waals surface area contributed by atoms with Crippen LogP contribution >= 0.6 is 0 Å². The molecule has 4 rings (SSSR count). The number of nitrogens with zero attached hydrogens (tertiary/aromatic N) is 1. The first-order chi connectivity index (χ1) is 13.4. The molecule has 27 heavy (non-hydrogen) atoms. The zero-order chi connectivity index (χ0) is 18.5. The van der Waals surface area contributed by atoms with Gasteiger partial charge in [-0.2, -0.15) is 0 Å². The van der Waals surface area contributed by atoms with Crippen LogP contribution < -0.4 is 9.64 Å². The van der Waals surface area contributed by atoms with Gasteiger partial charge in [0.2, 0.25) is 0 Å². The van der Waals surface area contributed by atoms with Gasteiger partial charge in [-0.05, 0) is 48.0 Å². The van der Waals surface area contributed by atoms with Crippen LogP contribution in [0.4, 0.5) is 17.1 Å². The van der Waals surface area contributed by atoms with Crippen molar-refractivity contribution in [3.05, 3.63) is 109 Å². The van der Waals surface area contributed by atoms with Crippen LogP contribution in [0.15, 0.2) is 109 Å². The molecule has 0 spiro atoms. The first kappa shape index (κ1) is 16.9. The summed E-state index contributed by atoms with van der Waals surface area (Å²) in [5.41, 5.74) is 5.73. The van der Waals surface area contributed by atoms with Crippen molar-refractivity contribution >= 4 is 17.1 Å². The Morgan fingerprint density at radius 1 is 0.556 bits per heavy atom. The maximum absolute atomic E-state index is 5.31. The summed E-state index contributed by atoms with van der Waals surface area (Å²) in [5.74, 6) is 0.860. The average Bonchev–Trinajstić information content (AvgIpc) is 2.76. The maximum Gasteiger partial charge on any atom is 0.118 e. The predicted octanol–water partition coefficient (Wildman–Crippen LogP) is 6.83. The highest BCUT2D eigenvalue weighted by Gasteiger charge is 2.16. The van der Waals surface area contributed by atoms with E-state index in [9.17, 15) is 0 Å². The van der Waals surface area contributed by atoms with Gasteiger partial charge in [0, 0.05) is 16.9 Å². The first-order valence-corrected chi connectivity index (χ1v) is 9.00. The van der Waals surface area contributed by atoms with Gasteiger partial charge in [-0.25, -0.2) is 0 Å². The smallest absolute Gasteiger partial charge is 0.118 e. The summed E-state index contributed by atoms with van der Waals surface area (Å²) in [5, 5.41) is 0. The van der Waals surface area contributed by atoms with Crippen molar-refractivity contribution < 1.29 is 4.74 Å². The molecular formula is C25H21NO. The quantitative estimate of drug-likeness (QED) is 0.390. The van der Waals surface area contributed by atoms with Gasteiger partial charge in [-0.3, -0.25) is 0 Å². The van der Waals surface area contributed by atoms with Crippen molar-refractivity contribution in [1.82, 2.24) is 0 Å². The van der Waals surface area contributed by atoms with E-state index in [0.717, 1.165) is 28.4 Å². The molecule has 0 saturated heterocycles. The predicted molar refractivity (Wildman–Crippen MR) is 113 cm³/mol. The molecule has 0 aliphatic rings. The molecule has 0 saturated carbocycles. The van der Waals surface area contributed by atoms with Gasteiger partial charge >= 0.3 is 0 Å². The van der Waals surface area contributed by atoms with Crippen LogP contribution in [0.1, 0.15) is 0 Å². The molecule has 0 bridgehead atoms. The maximum atomic E-state index is 5.31. The van der Waals surface area contributed by atoms with E-state index in [0.29, 0.717) is 0 Å². The van der Waals surface area contributed by atoms with Gasteiger partial charge in [-0.15, -0.1) is 0 Å². The Kier molecular flexibility index (Phi) is 4.88. The Morgan fingerprint density at radius 3 is 1.63 bits per heavy atom. The molecule has 0 fully saturated rings. The number of anilines is 3. The van der Waals surface area contributed by atoms with Crippen LogP contribution in [0.5, 0.6) is 5.75 Å². The molecule has 132 valence electrons. The number of ether oxygens (including phenoxy) is 1. The molecular weight excluding hydrogens is 330 g/mol. The van der Waals surface area contributed by atoms with Crippen molar-refractivity contribution in [3.63, 3.8) is 0 Å². The molecule has 0 amide bonds. The van der Waals surface area contributed by atoms with Crippen LogP contribution in [0.3, 0.4) is 0 Å². The topological polar surface area (TPSA) is 12.5 Å². The molecule has 4 aromatic rings. The Hall–Kier alpha value is -3.52. The third kappa shape index (κ3) is 3.56. The summed E-state index contributed by atoms with van der Waals surface area (Å²) in [6.07, 6.45) is 0. The fourth-order valence-corrected chi connectivity index (χ4v) is 3.26. The third-order valence-corrected chi connectivity index (χ3v) is 4.57. The minimum atomic E-state index is 0.860. The number of hydrogen-bond acceptors (Lipinski definition) is 2. The monoisotopic (exact) mass is 351 g/mol. The second-order valence-electron chi connectivity index (χ2n) is 6.25. The highest BCUT2D eigenvalue weighted by molar-refractivity contribution is 5.87. The van der Waals surface area contributed by atoms with Crippen molar-refractivity contribution in [3.8, 4) is 16.9 Å². The SMILES string of the molecule is COc1ccc(-c2ccccc2N(c2ccccc2)c2ccccc2)cc1. The highest BCUT2D eigenvalue weighted by atomic mass is 16.5. The van der Waals surface area contributed by atoms with E-state index in [4.69, 9.17) is 4.74 Å². The molecule has 0 atom stereocenters. The van der Waals surface area contributed by atoms with Gasteiger partial charge in [-0.1, -0.05) is 66.7 Å². The molecule has 2 heteroatoms. The number of benzene rings is 4. The van der Waals surface area contributed by atoms with E-state index in [2.05, 4.69) is 89.8 Å². The largest absolute Gasteiger partial charge is 0.497 e. The van der Waals surface area contributed by atoms with Crippen molar-refractivity contribution in [2.45, 2.75) is 0 Å². The van der Waals surface area contributed by atoms with E-state index >= 15 is 0 Å². The first-order valence-electron chi connectivity index (χ1n) is 9.00. The Morgan fingerprint density at radius 2 is 1.07 bits per heavy atom. The second-order valence-corrected chi connectivity index (χ2v) is 6.25. The van der Waals surface area contributed by atoms with E-state index in [-0.39, 0.29) is 0 Å². The fraction of sp³-hybridized carbons (Fsp3) is 0.0400. The molecule has 0 unspecified atom stereocenters. The molecule has 0 aliphatic carbocycles. The van der Waals surface area contributed by atoms with Crippen LogP contribution in [0.2, 0.25) is 0 Å². The van der Waals surface area contributed by atoms with E-state index in [1.54, 1.807) is 7.11 Å². The summed E-state index contributed by atoms with van der Waals surface area (Å²) in [6, 6.07) is 37.6. The zero-order valence-electron chi connectivity index (χ0n) is 15.2. The highest BCUT2D eigenvalue weighted by Crippen LogP contribution is 2.40. The minimum Gasteiger partial charge on any atom is -0.497 e. The molecule has 4 aromatic carbocycles. The zero-order valence-corrected chi connectivity index (χ0v) is 15.2. The molecule has 0 heterocycles. The molecule has 0 radical (unpaired) electrons. The van der Waals surface area contributed by atoms with E-state index in [1.165, 1.54) is 5.56 Å². The summed E-state index contributed by atoms with van der Waals surface area (Å²) in [6.45, 7) is 0. The summed E-state index contributed by atoms with van der Waals surface area (Å²) < 4.78 is 5.31. The average molecular weight is 351 g/mol. The number of methoxy groups -OCH3 is 1. The van der Waals surface area contributed by atoms with Crippen molar-refractivity contribution in [2.75, 3.05) is 12.0 Å². The summed E-state index contributed by atoms with van der Waals surface area (Å²) in [4.78, 5) is 2.29. The summed E-state index contributed by atoms with van der Waals surface area (Å²) in [7, 11) is 1.69. The lowest BCUT2D eigenvalue weighted by Gasteiger charge is -2.27. The number of hydrogen-bond donors (Lipinski definition) is 0. The molecule has 0 N–H and O–H groups in total. The normalized spacial score (nSPS) is 10.4. The standard InChI is InChI=1S/C25H21NO/c1-27-23-18-16-20(17-19-23)24-14-8-9-15-25(24)26(21-10-4-2-5-11-21)22-12-6-3-7-13-22/h2-19H,1H3. The van der Waals surface area contributed by atoms with Crippen LogP contribution in [0, 0.1) is 0 Å². The number of para-hydroxylation sites is 3. The molecule has 0 aliphatic heterocycles. The van der Waals surface area contributed by atoms with Gasteiger partial charge in [0.05, 0.1) is 12.8 Å². The second kappa shape index (κ2) is 7.79. The fourth-order valence-electron chi connectivity index (χ4n) is 3.26. The lowest BCUT2D eigenvalue weighted by molar-refractivity contribution is 0.415. The van der Waals surface area contributed by atoms with Crippen molar-refractivity contribution in [2.24, 2.45) is 0 Å². The van der Waals surface area contributed by atoms with Crippen LogP contribution in [-0.4, -0.2) is 7.11 Å². The lowest BCUT2D eigenvalue weighted by atomic mass is 10.0. The molecule has 2 nitrogen and oxygen atoms in total. The van der Waals surface area contributed by atoms with Gasteiger partial charge < -0.3 is 9.64 Å². The third-order valence-electron chi connectivity index (χ3n) is 4.57. The number of rotatable bonds is 5. The minimum absolute atomic E-state index is 0.860. The van der Waals surface area contributed by atoms with Crippen LogP contribution in [-0.2, 0) is 0 Å². The Labute approximate surface area is 160 Å². The van der Waals surface area contributed by atoms with Gasteiger partial charge in [0.15, 0.2) is 0 Å². The lowest BCUT2D eigenvalue weighted by Crippen LogP contribution is -2.10. The van der Waals surface area contributed by atoms with Gasteiger partial charge in [0.25, 0.3) is 0 Å². The van der Waals surface area contributed by atoms with Crippen LogP contribution in [0.25, 0.3) is 11.1 Å². The van der Waals surface area contributed by atoms with E-state index in [1.807, 2.05) is 24.3 Å². The Balaban J connectivity index is 1.88. The van der Waals surface area contributed by atoms with Crippen molar-refractivity contribution in [1.29, 1.82) is 0 Å². The van der Waals surface area contributed by atoms with Gasteiger partial charge in [0.1, 0.15) is 5.75 Å². The van der Waals surface area contributed by atoms with E-state index < -0.39 is 0 Å². The molecule has 0 aromatic heterocycles. The summed E-state index contributed by atoms with van der Waals surface area (Å²) >= 11 is 0. The Bertz CT molecular complexity index is 956.